The molecule has 1 amide bonds. The van der Waals surface area contributed by atoms with Crippen molar-refractivity contribution in [1.29, 1.82) is 0 Å². The summed E-state index contributed by atoms with van der Waals surface area (Å²) < 4.78 is 0. The monoisotopic (exact) mass is 236 g/mol. The third kappa shape index (κ3) is 5.47. The summed E-state index contributed by atoms with van der Waals surface area (Å²) in [4.78, 5) is 11.5. The first-order valence-corrected chi connectivity index (χ1v) is 5.96. The van der Waals surface area contributed by atoms with Crippen molar-refractivity contribution < 1.29 is 9.90 Å². The fourth-order valence-electron chi connectivity index (χ4n) is 1.47. The number of hydrogen-bond donors (Lipinski definition) is 3. The van der Waals surface area contributed by atoms with Gasteiger partial charge < -0.3 is 15.7 Å². The Kier molecular flexibility index (Phi) is 6.29. The standard InChI is InChI=1S/C13H20N2O2/c1-2-8-14-10-13(17)15-12-5-3-11(4-6-12)7-9-16/h3-6,14,16H,2,7-10H2,1H3,(H,15,17). The number of amides is 1. The third-order valence-corrected chi connectivity index (χ3v) is 2.35. The topological polar surface area (TPSA) is 61.4 Å². The maximum atomic E-state index is 11.5. The van der Waals surface area contributed by atoms with Gasteiger partial charge in [0.25, 0.3) is 0 Å². The van der Waals surface area contributed by atoms with Crippen LogP contribution in [0.2, 0.25) is 0 Å². The van der Waals surface area contributed by atoms with Crippen LogP contribution in [0.5, 0.6) is 0 Å². The molecule has 0 fully saturated rings. The molecule has 0 spiro atoms. The van der Waals surface area contributed by atoms with Crippen LogP contribution in [-0.4, -0.2) is 30.7 Å². The number of rotatable bonds is 7. The molecule has 3 N–H and O–H groups in total. The summed E-state index contributed by atoms with van der Waals surface area (Å²) in [5.41, 5.74) is 1.85. The fourth-order valence-corrected chi connectivity index (χ4v) is 1.47. The van der Waals surface area contributed by atoms with E-state index in [2.05, 4.69) is 17.6 Å². The Bertz CT molecular complexity index is 336. The molecule has 0 bridgehead atoms. The van der Waals surface area contributed by atoms with Crippen LogP contribution in [0, 0.1) is 0 Å². The van der Waals surface area contributed by atoms with Crippen molar-refractivity contribution >= 4 is 11.6 Å². The van der Waals surface area contributed by atoms with Crippen LogP contribution in [0.15, 0.2) is 24.3 Å². The second-order valence-corrected chi connectivity index (χ2v) is 3.90. The Morgan fingerprint density at radius 2 is 2.00 bits per heavy atom. The normalized spacial score (nSPS) is 10.2. The first-order chi connectivity index (χ1) is 8.26. The lowest BCUT2D eigenvalue weighted by molar-refractivity contribution is -0.115. The van der Waals surface area contributed by atoms with Crippen molar-refractivity contribution in [3.63, 3.8) is 0 Å². The van der Waals surface area contributed by atoms with Crippen molar-refractivity contribution in [2.75, 3.05) is 25.0 Å². The highest BCUT2D eigenvalue weighted by molar-refractivity contribution is 5.92. The predicted octanol–water partition coefficient (Wildman–Crippen LogP) is 1.16. The Balaban J connectivity index is 2.37. The zero-order valence-electron chi connectivity index (χ0n) is 10.2. The van der Waals surface area contributed by atoms with Gasteiger partial charge in [0.2, 0.25) is 5.91 Å². The van der Waals surface area contributed by atoms with Crippen LogP contribution in [0.4, 0.5) is 5.69 Å². The smallest absolute Gasteiger partial charge is 0.238 e. The molecule has 0 aliphatic heterocycles. The van der Waals surface area contributed by atoms with Crippen LogP contribution in [0.1, 0.15) is 18.9 Å². The highest BCUT2D eigenvalue weighted by Gasteiger charge is 2.01. The molecule has 1 rings (SSSR count). The second kappa shape index (κ2) is 7.81. The van der Waals surface area contributed by atoms with Crippen LogP contribution >= 0.6 is 0 Å². The first kappa shape index (κ1) is 13.7. The highest BCUT2D eigenvalue weighted by Crippen LogP contribution is 2.09. The number of carbonyl (C=O) groups is 1. The molecule has 1 aromatic carbocycles. The summed E-state index contributed by atoms with van der Waals surface area (Å²) >= 11 is 0. The molecule has 0 unspecified atom stereocenters. The summed E-state index contributed by atoms with van der Waals surface area (Å²) in [6.07, 6.45) is 1.66. The van der Waals surface area contributed by atoms with E-state index in [0.29, 0.717) is 13.0 Å². The quantitative estimate of drug-likeness (QED) is 0.623. The van der Waals surface area contributed by atoms with Crippen LogP contribution < -0.4 is 10.6 Å². The molecule has 1 aromatic rings. The number of aliphatic hydroxyl groups is 1. The number of aliphatic hydroxyl groups excluding tert-OH is 1. The summed E-state index contributed by atoms with van der Waals surface area (Å²) in [7, 11) is 0. The van der Waals surface area contributed by atoms with E-state index in [1.165, 1.54) is 0 Å². The van der Waals surface area contributed by atoms with Crippen LogP contribution in [0.25, 0.3) is 0 Å². The number of anilines is 1. The van der Waals surface area contributed by atoms with E-state index in [1.807, 2.05) is 24.3 Å². The molecule has 4 nitrogen and oxygen atoms in total. The van der Waals surface area contributed by atoms with Crippen molar-refractivity contribution in [1.82, 2.24) is 5.32 Å². The van der Waals surface area contributed by atoms with Gasteiger partial charge >= 0.3 is 0 Å². The van der Waals surface area contributed by atoms with E-state index in [1.54, 1.807) is 0 Å². The number of hydrogen-bond acceptors (Lipinski definition) is 3. The van der Waals surface area contributed by atoms with Crippen molar-refractivity contribution in [2.24, 2.45) is 0 Å². The molecule has 0 atom stereocenters. The largest absolute Gasteiger partial charge is 0.396 e. The zero-order chi connectivity index (χ0) is 12.5. The minimum Gasteiger partial charge on any atom is -0.396 e. The van der Waals surface area contributed by atoms with Crippen molar-refractivity contribution in [3.8, 4) is 0 Å². The number of nitrogens with one attached hydrogen (secondary N) is 2. The van der Waals surface area contributed by atoms with Gasteiger partial charge in [-0.05, 0) is 37.1 Å². The first-order valence-electron chi connectivity index (χ1n) is 5.96. The SMILES string of the molecule is CCCNCC(=O)Nc1ccc(CCO)cc1. The minimum atomic E-state index is -0.0339. The molecule has 0 aliphatic rings. The van der Waals surface area contributed by atoms with Gasteiger partial charge in [-0.3, -0.25) is 4.79 Å². The van der Waals surface area contributed by atoms with Gasteiger partial charge in [-0.15, -0.1) is 0 Å². The van der Waals surface area contributed by atoms with E-state index < -0.39 is 0 Å². The van der Waals surface area contributed by atoms with Gasteiger partial charge in [0, 0.05) is 12.3 Å². The molecule has 17 heavy (non-hydrogen) atoms. The average Bonchev–Trinajstić information content (AvgIpc) is 2.32. The minimum absolute atomic E-state index is 0.0339. The Hall–Kier alpha value is -1.39. The fraction of sp³-hybridized carbons (Fsp3) is 0.462. The molecule has 0 radical (unpaired) electrons. The Morgan fingerprint density at radius 1 is 1.29 bits per heavy atom. The maximum absolute atomic E-state index is 11.5. The number of carbonyl (C=O) groups excluding carboxylic acids is 1. The van der Waals surface area contributed by atoms with Crippen molar-refractivity contribution in [3.05, 3.63) is 29.8 Å². The van der Waals surface area contributed by atoms with Crippen LogP contribution in [0.3, 0.4) is 0 Å². The van der Waals surface area contributed by atoms with E-state index in [-0.39, 0.29) is 12.5 Å². The van der Waals surface area contributed by atoms with E-state index >= 15 is 0 Å². The number of benzene rings is 1. The van der Waals surface area contributed by atoms with E-state index in [4.69, 9.17) is 5.11 Å². The summed E-state index contributed by atoms with van der Waals surface area (Å²) in [5.74, 6) is -0.0339. The molecule has 0 saturated carbocycles. The lowest BCUT2D eigenvalue weighted by Crippen LogP contribution is -2.28. The molecule has 0 saturated heterocycles. The van der Waals surface area contributed by atoms with E-state index in [9.17, 15) is 4.79 Å². The molecule has 0 heterocycles. The second-order valence-electron chi connectivity index (χ2n) is 3.90. The van der Waals surface area contributed by atoms with Gasteiger partial charge in [0.1, 0.15) is 0 Å². The Morgan fingerprint density at radius 3 is 2.59 bits per heavy atom. The van der Waals surface area contributed by atoms with Gasteiger partial charge in [0.15, 0.2) is 0 Å². The maximum Gasteiger partial charge on any atom is 0.238 e. The molecule has 0 aliphatic carbocycles. The van der Waals surface area contributed by atoms with Gasteiger partial charge in [-0.25, -0.2) is 0 Å². The predicted molar refractivity (Wildman–Crippen MR) is 69.0 cm³/mol. The molecule has 94 valence electrons. The summed E-state index contributed by atoms with van der Waals surface area (Å²) in [6.45, 7) is 3.40. The molecule has 0 aromatic heterocycles. The zero-order valence-corrected chi connectivity index (χ0v) is 10.2. The average molecular weight is 236 g/mol. The molecular weight excluding hydrogens is 216 g/mol. The summed E-state index contributed by atoms with van der Waals surface area (Å²) in [6, 6.07) is 7.52. The van der Waals surface area contributed by atoms with Crippen molar-refractivity contribution in [2.45, 2.75) is 19.8 Å². The van der Waals surface area contributed by atoms with Gasteiger partial charge in [-0.1, -0.05) is 19.1 Å². The molecule has 4 heteroatoms. The summed E-state index contributed by atoms with van der Waals surface area (Å²) in [5, 5.41) is 14.6. The third-order valence-electron chi connectivity index (χ3n) is 2.35. The molecular formula is C13H20N2O2. The lowest BCUT2D eigenvalue weighted by Gasteiger charge is -2.06. The Labute approximate surface area is 102 Å². The van der Waals surface area contributed by atoms with Crippen LogP contribution in [-0.2, 0) is 11.2 Å². The van der Waals surface area contributed by atoms with E-state index in [0.717, 1.165) is 24.2 Å². The van der Waals surface area contributed by atoms with Gasteiger partial charge in [-0.2, -0.15) is 0 Å². The lowest BCUT2D eigenvalue weighted by atomic mass is 10.1. The van der Waals surface area contributed by atoms with Gasteiger partial charge in [0.05, 0.1) is 6.54 Å². The highest BCUT2D eigenvalue weighted by atomic mass is 16.2.